The number of carbonyl (C=O) groups is 1. The van der Waals surface area contributed by atoms with Crippen LogP contribution in [0.4, 0.5) is 4.79 Å². The second kappa shape index (κ2) is 6.90. The van der Waals surface area contributed by atoms with Gasteiger partial charge in [-0.15, -0.1) is 0 Å². The lowest BCUT2D eigenvalue weighted by Crippen LogP contribution is -2.26. The van der Waals surface area contributed by atoms with E-state index in [1.54, 1.807) is 6.26 Å². The molecule has 86 valence electrons. The molecule has 0 aliphatic heterocycles. The van der Waals surface area contributed by atoms with Gasteiger partial charge in [0.25, 0.3) is 0 Å². The summed E-state index contributed by atoms with van der Waals surface area (Å²) in [6, 6.07) is 0.568. The number of hydrogen-bond donors (Lipinski definition) is 1. The van der Waals surface area contributed by atoms with Crippen molar-refractivity contribution in [3.63, 3.8) is 0 Å². The molecule has 1 aliphatic carbocycles. The van der Waals surface area contributed by atoms with Crippen LogP contribution >= 0.6 is 11.8 Å². The zero-order chi connectivity index (χ0) is 11.1. The smallest absolute Gasteiger partial charge is 0.367 e. The number of hydrogen-bond acceptors (Lipinski definition) is 4. The predicted molar refractivity (Wildman–Crippen MR) is 64.2 cm³/mol. The number of nitrogens with one attached hydrogen (secondary N) is 1. The van der Waals surface area contributed by atoms with Crippen molar-refractivity contribution in [3.8, 4) is 0 Å². The molecule has 0 aromatic heterocycles. The highest BCUT2D eigenvalue weighted by molar-refractivity contribution is 8.12. The summed E-state index contributed by atoms with van der Waals surface area (Å²) in [5.41, 5.74) is 0. The average Bonchev–Trinajstić information content (AvgIpc) is 2.21. The van der Waals surface area contributed by atoms with Crippen molar-refractivity contribution in [2.24, 2.45) is 0 Å². The molecule has 1 N–H and O–H groups in total. The monoisotopic (exact) mass is 229 g/mol. The molecule has 0 spiro atoms. The van der Waals surface area contributed by atoms with E-state index in [9.17, 15) is 4.79 Å². The fraction of sp³-hybridized carbons (Fsp3) is 0.727. The van der Waals surface area contributed by atoms with Crippen molar-refractivity contribution in [2.75, 3.05) is 13.3 Å². The maximum Gasteiger partial charge on any atom is 0.367 e. The molecule has 0 radical (unpaired) electrons. The van der Waals surface area contributed by atoms with E-state index in [2.05, 4.69) is 11.4 Å². The van der Waals surface area contributed by atoms with Crippen LogP contribution in [0.3, 0.4) is 0 Å². The first-order valence-corrected chi connectivity index (χ1v) is 6.57. The van der Waals surface area contributed by atoms with Crippen LogP contribution in [0.15, 0.2) is 12.2 Å². The quantitative estimate of drug-likeness (QED) is 0.583. The summed E-state index contributed by atoms with van der Waals surface area (Å²) >= 11 is 1.13. The van der Waals surface area contributed by atoms with Gasteiger partial charge >= 0.3 is 5.30 Å². The molecular weight excluding hydrogens is 210 g/mol. The maximum atomic E-state index is 11.1. The summed E-state index contributed by atoms with van der Waals surface area (Å²) in [5.74, 6) is 0. The lowest BCUT2D eigenvalue weighted by atomic mass is 10.0. The molecule has 0 saturated carbocycles. The Labute approximate surface area is 95.6 Å². The van der Waals surface area contributed by atoms with Crippen molar-refractivity contribution in [1.29, 1.82) is 0 Å². The molecule has 2 unspecified atom stereocenters. The van der Waals surface area contributed by atoms with Gasteiger partial charge in [0.1, 0.15) is 6.10 Å². The van der Waals surface area contributed by atoms with Crippen LogP contribution in [-0.4, -0.2) is 30.8 Å². The largest absolute Gasteiger partial charge is 0.450 e. The van der Waals surface area contributed by atoms with Crippen molar-refractivity contribution >= 4 is 17.1 Å². The van der Waals surface area contributed by atoms with Crippen LogP contribution < -0.4 is 5.32 Å². The Kier molecular flexibility index (Phi) is 5.79. The van der Waals surface area contributed by atoms with E-state index >= 15 is 0 Å². The highest BCUT2D eigenvalue weighted by atomic mass is 32.2. The van der Waals surface area contributed by atoms with Crippen LogP contribution in [-0.2, 0) is 4.74 Å². The number of ether oxygens (including phenoxy) is 1. The minimum absolute atomic E-state index is 0.0252. The van der Waals surface area contributed by atoms with E-state index < -0.39 is 0 Å². The molecule has 0 heterocycles. The number of thioether (sulfide) groups is 1. The molecule has 15 heavy (non-hydrogen) atoms. The topological polar surface area (TPSA) is 38.3 Å². The molecule has 1 rings (SSSR count). The maximum absolute atomic E-state index is 11.1. The van der Waals surface area contributed by atoms with Gasteiger partial charge in [-0.05, 0) is 56.8 Å². The summed E-state index contributed by atoms with van der Waals surface area (Å²) in [7, 11) is 1.99. The molecular formula is C11H19NO2S. The van der Waals surface area contributed by atoms with Crippen LogP contribution in [0, 0.1) is 0 Å². The highest BCUT2D eigenvalue weighted by Crippen LogP contribution is 2.16. The van der Waals surface area contributed by atoms with Crippen LogP contribution in [0.5, 0.6) is 0 Å². The third-order valence-corrected chi connectivity index (χ3v) is 3.06. The molecule has 1 aliphatic rings. The zero-order valence-corrected chi connectivity index (χ0v) is 10.2. The third kappa shape index (κ3) is 4.71. The highest BCUT2D eigenvalue weighted by Gasteiger charge is 2.14. The average molecular weight is 229 g/mol. The Bertz CT molecular complexity index is 231. The van der Waals surface area contributed by atoms with Crippen molar-refractivity contribution in [2.45, 2.75) is 37.8 Å². The van der Waals surface area contributed by atoms with E-state index in [1.165, 1.54) is 0 Å². The number of carbonyl (C=O) groups excluding carboxylic acids is 1. The van der Waals surface area contributed by atoms with Crippen molar-refractivity contribution in [1.82, 2.24) is 5.32 Å². The molecule has 3 nitrogen and oxygen atoms in total. The molecule has 2 atom stereocenters. The van der Waals surface area contributed by atoms with Crippen molar-refractivity contribution in [3.05, 3.63) is 12.2 Å². The lowest BCUT2D eigenvalue weighted by molar-refractivity contribution is 0.139. The van der Waals surface area contributed by atoms with E-state index in [1.807, 2.05) is 13.1 Å². The van der Waals surface area contributed by atoms with Gasteiger partial charge < -0.3 is 10.1 Å². The molecule has 0 fully saturated rings. The first kappa shape index (κ1) is 12.6. The predicted octanol–water partition coefficient (Wildman–Crippen LogP) is 2.57. The van der Waals surface area contributed by atoms with E-state index in [4.69, 9.17) is 4.74 Å². The minimum atomic E-state index is -0.185. The lowest BCUT2D eigenvalue weighted by Gasteiger charge is -2.20. The first-order chi connectivity index (χ1) is 7.26. The summed E-state index contributed by atoms with van der Waals surface area (Å²) < 4.78 is 5.26. The molecule has 0 aromatic carbocycles. The van der Waals surface area contributed by atoms with Gasteiger partial charge in [0.05, 0.1) is 0 Å². The summed E-state index contributed by atoms with van der Waals surface area (Å²) in [5, 5.41) is 3.09. The molecule has 0 amide bonds. The SMILES string of the molecule is CNC1C/C=C/C(OC(=O)SC)CCC1. The van der Waals surface area contributed by atoms with E-state index in [0.29, 0.717) is 6.04 Å². The summed E-state index contributed by atoms with van der Waals surface area (Å²) in [6.07, 6.45) is 10.0. The van der Waals surface area contributed by atoms with Gasteiger partial charge in [-0.3, -0.25) is 0 Å². The normalized spacial score (nSPS) is 28.9. The fourth-order valence-corrected chi connectivity index (χ4v) is 1.93. The van der Waals surface area contributed by atoms with Crippen LogP contribution in [0.25, 0.3) is 0 Å². The van der Waals surface area contributed by atoms with Gasteiger partial charge in [0.2, 0.25) is 0 Å². The van der Waals surface area contributed by atoms with Gasteiger partial charge in [-0.25, -0.2) is 4.79 Å². The number of rotatable bonds is 2. The first-order valence-electron chi connectivity index (χ1n) is 5.34. The summed E-state index contributed by atoms with van der Waals surface area (Å²) in [6.45, 7) is 0. The Morgan fingerprint density at radius 2 is 2.33 bits per heavy atom. The van der Waals surface area contributed by atoms with E-state index in [0.717, 1.165) is 37.4 Å². The summed E-state index contributed by atoms with van der Waals surface area (Å²) in [4.78, 5) is 11.1. The molecule has 0 aromatic rings. The van der Waals surface area contributed by atoms with Crippen LogP contribution in [0.1, 0.15) is 25.7 Å². The molecule has 4 heteroatoms. The Hall–Kier alpha value is -0.480. The van der Waals surface area contributed by atoms with Crippen LogP contribution in [0.2, 0.25) is 0 Å². The molecule has 0 bridgehead atoms. The minimum Gasteiger partial charge on any atom is -0.450 e. The Morgan fingerprint density at radius 1 is 1.53 bits per heavy atom. The standard InChI is InChI=1S/C11H19NO2S/c1-12-9-5-3-7-10(8-4-6-9)14-11(13)15-2/h3,7,9-10,12H,4-6,8H2,1-2H3/b7-3+. The van der Waals surface area contributed by atoms with Gasteiger partial charge in [0.15, 0.2) is 0 Å². The Morgan fingerprint density at radius 3 is 3.00 bits per heavy atom. The third-order valence-electron chi connectivity index (χ3n) is 2.64. The second-order valence-electron chi connectivity index (χ2n) is 3.69. The van der Waals surface area contributed by atoms with Crippen molar-refractivity contribution < 1.29 is 9.53 Å². The fourth-order valence-electron chi connectivity index (χ4n) is 1.71. The Balaban J connectivity index is 2.41. The van der Waals surface area contributed by atoms with E-state index in [-0.39, 0.29) is 11.4 Å². The second-order valence-corrected chi connectivity index (χ2v) is 4.43. The van der Waals surface area contributed by atoms with Gasteiger partial charge in [-0.2, -0.15) is 0 Å². The van der Waals surface area contributed by atoms with Gasteiger partial charge in [-0.1, -0.05) is 6.08 Å². The molecule has 0 saturated heterocycles. The van der Waals surface area contributed by atoms with Gasteiger partial charge in [0, 0.05) is 6.04 Å². The zero-order valence-electron chi connectivity index (χ0n) is 9.36.